The number of ether oxygens (including phenoxy) is 1. The molecule has 0 aliphatic carbocycles. The van der Waals surface area contributed by atoms with Crippen LogP contribution in [-0.2, 0) is 16.6 Å². The molecular formula is C16H16N2O2S. The van der Waals surface area contributed by atoms with Gasteiger partial charge in [0.05, 0.1) is 34.1 Å². The predicted molar refractivity (Wildman–Crippen MR) is 83.4 cm³/mol. The number of benzene rings is 2. The van der Waals surface area contributed by atoms with E-state index >= 15 is 0 Å². The first-order valence-corrected chi connectivity index (χ1v) is 7.68. The Balaban J connectivity index is 2.28. The van der Waals surface area contributed by atoms with E-state index in [1.54, 1.807) is 18.2 Å². The Hall–Kier alpha value is -2.32. The minimum atomic E-state index is -1.25. The monoisotopic (exact) mass is 300 g/mol. The number of nitrogens with two attached hydrogens (primary N) is 1. The van der Waals surface area contributed by atoms with Gasteiger partial charge >= 0.3 is 0 Å². The summed E-state index contributed by atoms with van der Waals surface area (Å²) in [5.41, 5.74) is 8.66. The van der Waals surface area contributed by atoms with E-state index in [1.165, 1.54) is 7.11 Å². The zero-order valence-electron chi connectivity index (χ0n) is 11.9. The molecule has 0 spiro atoms. The van der Waals surface area contributed by atoms with Gasteiger partial charge < -0.3 is 10.5 Å². The van der Waals surface area contributed by atoms with Crippen LogP contribution in [0, 0.1) is 18.3 Å². The SMILES string of the molecule is COc1ccc(CS(=O)c2cc(C)ccc2N)cc1C#N. The van der Waals surface area contributed by atoms with Crippen molar-refractivity contribution in [1.82, 2.24) is 0 Å². The number of hydrogen-bond donors (Lipinski definition) is 1. The van der Waals surface area contributed by atoms with E-state index in [0.29, 0.717) is 27.6 Å². The van der Waals surface area contributed by atoms with Gasteiger partial charge in [-0.2, -0.15) is 5.26 Å². The number of nitrogens with zero attached hydrogens (tertiary/aromatic N) is 1. The molecule has 5 heteroatoms. The van der Waals surface area contributed by atoms with Crippen molar-refractivity contribution in [3.63, 3.8) is 0 Å². The highest BCUT2D eigenvalue weighted by Crippen LogP contribution is 2.23. The third-order valence-electron chi connectivity index (χ3n) is 3.10. The third kappa shape index (κ3) is 3.41. The first-order chi connectivity index (χ1) is 10.0. The molecule has 2 N–H and O–H groups in total. The van der Waals surface area contributed by atoms with Gasteiger partial charge in [-0.1, -0.05) is 12.1 Å². The van der Waals surface area contributed by atoms with E-state index < -0.39 is 10.8 Å². The van der Waals surface area contributed by atoms with Crippen LogP contribution in [-0.4, -0.2) is 11.3 Å². The summed E-state index contributed by atoms with van der Waals surface area (Å²) >= 11 is 0. The molecule has 2 rings (SSSR count). The molecule has 1 atom stereocenters. The average Bonchev–Trinajstić information content (AvgIpc) is 2.49. The predicted octanol–water partition coefficient (Wildman–Crippen LogP) is 2.77. The van der Waals surface area contributed by atoms with Gasteiger partial charge in [0.2, 0.25) is 0 Å². The molecule has 0 saturated carbocycles. The van der Waals surface area contributed by atoms with Crippen LogP contribution in [0.4, 0.5) is 5.69 Å². The lowest BCUT2D eigenvalue weighted by Gasteiger charge is -2.08. The maximum Gasteiger partial charge on any atom is 0.136 e. The molecule has 21 heavy (non-hydrogen) atoms. The molecule has 1 unspecified atom stereocenters. The highest BCUT2D eigenvalue weighted by molar-refractivity contribution is 7.84. The lowest BCUT2D eigenvalue weighted by Crippen LogP contribution is -2.02. The molecule has 2 aromatic carbocycles. The van der Waals surface area contributed by atoms with E-state index in [2.05, 4.69) is 6.07 Å². The zero-order chi connectivity index (χ0) is 15.4. The van der Waals surface area contributed by atoms with Crippen LogP contribution >= 0.6 is 0 Å². The highest BCUT2D eigenvalue weighted by Gasteiger charge is 2.11. The van der Waals surface area contributed by atoms with Crippen molar-refractivity contribution in [3.8, 4) is 11.8 Å². The molecule has 0 fully saturated rings. The molecule has 0 aromatic heterocycles. The van der Waals surface area contributed by atoms with E-state index in [0.717, 1.165) is 11.1 Å². The fourth-order valence-electron chi connectivity index (χ4n) is 2.00. The Morgan fingerprint density at radius 1 is 1.29 bits per heavy atom. The summed E-state index contributed by atoms with van der Waals surface area (Å²) in [6.07, 6.45) is 0. The third-order valence-corrected chi connectivity index (χ3v) is 4.54. The van der Waals surface area contributed by atoms with Crippen LogP contribution in [0.1, 0.15) is 16.7 Å². The average molecular weight is 300 g/mol. The van der Waals surface area contributed by atoms with Gasteiger partial charge in [0.1, 0.15) is 11.8 Å². The Morgan fingerprint density at radius 3 is 2.71 bits per heavy atom. The maximum absolute atomic E-state index is 12.5. The van der Waals surface area contributed by atoms with Crippen molar-refractivity contribution < 1.29 is 8.95 Å². The molecule has 0 saturated heterocycles. The lowest BCUT2D eigenvalue weighted by atomic mass is 10.1. The molecule has 108 valence electrons. The quantitative estimate of drug-likeness (QED) is 0.881. The van der Waals surface area contributed by atoms with Crippen LogP contribution in [0.2, 0.25) is 0 Å². The first kappa shape index (κ1) is 15.1. The van der Waals surface area contributed by atoms with Crippen LogP contribution in [0.3, 0.4) is 0 Å². The van der Waals surface area contributed by atoms with Gasteiger partial charge in [-0.25, -0.2) is 0 Å². The first-order valence-electron chi connectivity index (χ1n) is 6.36. The summed E-state index contributed by atoms with van der Waals surface area (Å²) in [4.78, 5) is 0.629. The fraction of sp³-hybridized carbons (Fsp3) is 0.188. The van der Waals surface area contributed by atoms with Gasteiger partial charge in [0.15, 0.2) is 0 Å². The Kier molecular flexibility index (Phi) is 4.61. The number of nitrogen functional groups attached to an aromatic ring is 1. The Morgan fingerprint density at radius 2 is 2.05 bits per heavy atom. The standard InChI is InChI=1S/C16H16N2O2S/c1-11-3-5-14(18)16(7-11)21(19)10-12-4-6-15(20-2)13(8-12)9-17/h3-8H,10,18H2,1-2H3. The summed E-state index contributed by atoms with van der Waals surface area (Å²) < 4.78 is 17.6. The van der Waals surface area contributed by atoms with Gasteiger partial charge in [-0.05, 0) is 42.3 Å². The smallest absolute Gasteiger partial charge is 0.136 e. The summed E-state index contributed by atoms with van der Waals surface area (Å²) in [5, 5.41) is 9.08. The van der Waals surface area contributed by atoms with Crippen LogP contribution < -0.4 is 10.5 Å². The number of methoxy groups -OCH3 is 1. The maximum atomic E-state index is 12.5. The van der Waals surface area contributed by atoms with Gasteiger partial charge in [0, 0.05) is 5.69 Å². The molecule has 4 nitrogen and oxygen atoms in total. The number of aryl methyl sites for hydroxylation is 1. The van der Waals surface area contributed by atoms with E-state index in [-0.39, 0.29) is 0 Å². The molecule has 0 aliphatic heterocycles. The summed E-state index contributed by atoms with van der Waals surface area (Å²) in [6, 6.07) is 12.8. The minimum Gasteiger partial charge on any atom is -0.495 e. The number of anilines is 1. The Bertz CT molecular complexity index is 736. The number of nitriles is 1. The number of rotatable bonds is 4. The largest absolute Gasteiger partial charge is 0.495 e. The molecule has 0 aliphatic rings. The van der Waals surface area contributed by atoms with Gasteiger partial charge in [-0.3, -0.25) is 4.21 Å². The van der Waals surface area contributed by atoms with Crippen molar-refractivity contribution in [1.29, 1.82) is 5.26 Å². The normalized spacial score (nSPS) is 11.7. The molecular weight excluding hydrogens is 284 g/mol. The topological polar surface area (TPSA) is 76.1 Å². The van der Waals surface area contributed by atoms with Crippen molar-refractivity contribution in [3.05, 3.63) is 53.1 Å². The van der Waals surface area contributed by atoms with Crippen molar-refractivity contribution in [2.75, 3.05) is 12.8 Å². The van der Waals surface area contributed by atoms with Gasteiger partial charge in [-0.15, -0.1) is 0 Å². The van der Waals surface area contributed by atoms with E-state index in [4.69, 9.17) is 15.7 Å². The van der Waals surface area contributed by atoms with Crippen molar-refractivity contribution >= 4 is 16.5 Å². The van der Waals surface area contributed by atoms with Crippen LogP contribution in [0.15, 0.2) is 41.3 Å². The number of hydrogen-bond acceptors (Lipinski definition) is 4. The summed E-state index contributed by atoms with van der Waals surface area (Å²) in [6.45, 7) is 1.93. The molecule has 2 aromatic rings. The molecule has 0 bridgehead atoms. The minimum absolute atomic E-state index is 0.312. The fourth-order valence-corrected chi connectivity index (χ4v) is 3.29. The summed E-state index contributed by atoms with van der Waals surface area (Å²) in [5.74, 6) is 0.828. The highest BCUT2D eigenvalue weighted by atomic mass is 32.2. The molecule has 0 heterocycles. The second-order valence-electron chi connectivity index (χ2n) is 4.68. The molecule has 0 radical (unpaired) electrons. The zero-order valence-corrected chi connectivity index (χ0v) is 12.7. The second-order valence-corrected chi connectivity index (χ2v) is 6.10. The van der Waals surface area contributed by atoms with Gasteiger partial charge in [0.25, 0.3) is 0 Å². The summed E-state index contributed by atoms with van der Waals surface area (Å²) in [7, 11) is 0.265. The lowest BCUT2D eigenvalue weighted by molar-refractivity contribution is 0.413. The van der Waals surface area contributed by atoms with Crippen molar-refractivity contribution in [2.45, 2.75) is 17.6 Å². The van der Waals surface area contributed by atoms with Crippen LogP contribution in [0.25, 0.3) is 0 Å². The van der Waals surface area contributed by atoms with Crippen LogP contribution in [0.5, 0.6) is 5.75 Å². The van der Waals surface area contributed by atoms with E-state index in [9.17, 15) is 4.21 Å². The Labute approximate surface area is 126 Å². The molecule has 0 amide bonds. The van der Waals surface area contributed by atoms with E-state index in [1.807, 2.05) is 25.1 Å². The second kappa shape index (κ2) is 6.42. The van der Waals surface area contributed by atoms with Crippen molar-refractivity contribution in [2.24, 2.45) is 0 Å².